The van der Waals surface area contributed by atoms with E-state index in [1.54, 1.807) is 12.1 Å². The molecule has 19 heavy (non-hydrogen) atoms. The molecule has 1 aromatic carbocycles. The van der Waals surface area contributed by atoms with Crippen LogP contribution in [0.15, 0.2) is 18.2 Å². The quantitative estimate of drug-likeness (QED) is 0.481. The first-order valence-corrected chi connectivity index (χ1v) is 8.53. The maximum absolute atomic E-state index is 11.5. The minimum atomic E-state index is -2.98. The third-order valence-electron chi connectivity index (χ3n) is 3.09. The van der Waals surface area contributed by atoms with Gasteiger partial charge < -0.3 is 5.32 Å². The largest absolute Gasteiger partial charge is 0.379 e. The number of anilines is 1. The van der Waals surface area contributed by atoms with Gasteiger partial charge in [0, 0.05) is 17.3 Å². The molecule has 0 aliphatic carbocycles. The van der Waals surface area contributed by atoms with Crippen molar-refractivity contribution in [3.63, 3.8) is 0 Å². The topological polar surface area (TPSA) is 89.3 Å². The van der Waals surface area contributed by atoms with Crippen molar-refractivity contribution in [2.24, 2.45) is 0 Å². The van der Waals surface area contributed by atoms with E-state index in [2.05, 4.69) is 5.32 Å². The van der Waals surface area contributed by atoms with Gasteiger partial charge in [-0.2, -0.15) is 0 Å². The Labute approximate surface area is 124 Å². The highest BCUT2D eigenvalue weighted by Gasteiger charge is 2.38. The summed E-state index contributed by atoms with van der Waals surface area (Å²) >= 11 is 1.90. The van der Waals surface area contributed by atoms with E-state index in [-0.39, 0.29) is 17.2 Å². The SMILES string of the molecule is CC1(Nc2ccc([N+](=O)[O-])c(I)c2)CCS(=O)(=O)C1. The summed E-state index contributed by atoms with van der Waals surface area (Å²) in [5.41, 5.74) is 0.253. The van der Waals surface area contributed by atoms with E-state index in [1.165, 1.54) is 6.07 Å². The summed E-state index contributed by atoms with van der Waals surface area (Å²) in [6, 6.07) is 4.70. The third-order valence-corrected chi connectivity index (χ3v) is 5.86. The molecule has 1 aliphatic rings. The van der Waals surface area contributed by atoms with E-state index in [9.17, 15) is 18.5 Å². The molecule has 0 amide bonds. The second-order valence-corrected chi connectivity index (χ2v) is 8.30. The van der Waals surface area contributed by atoms with E-state index in [1.807, 2.05) is 29.5 Å². The predicted molar refractivity (Wildman–Crippen MR) is 81.1 cm³/mol. The average Bonchev–Trinajstić information content (AvgIpc) is 2.52. The van der Waals surface area contributed by atoms with Crippen molar-refractivity contribution in [3.05, 3.63) is 31.9 Å². The molecule has 1 atom stereocenters. The molecular weight excluding hydrogens is 383 g/mol. The molecule has 0 aromatic heterocycles. The van der Waals surface area contributed by atoms with Gasteiger partial charge in [-0.3, -0.25) is 10.1 Å². The second kappa shape index (κ2) is 4.89. The van der Waals surface area contributed by atoms with Crippen LogP contribution >= 0.6 is 22.6 Å². The molecule has 1 unspecified atom stereocenters. The molecule has 8 heteroatoms. The van der Waals surface area contributed by atoms with Gasteiger partial charge in [0.05, 0.1) is 20.0 Å². The second-order valence-electron chi connectivity index (χ2n) is 4.95. The highest BCUT2D eigenvalue weighted by Crippen LogP contribution is 2.30. The van der Waals surface area contributed by atoms with Crippen molar-refractivity contribution >= 4 is 43.8 Å². The number of sulfone groups is 1. The standard InChI is InChI=1S/C11H13IN2O4S/c1-11(4-5-19(17,18)7-11)13-8-2-3-10(14(15)16)9(12)6-8/h2-3,6,13H,4-5,7H2,1H3. The number of rotatable bonds is 3. The fourth-order valence-corrected chi connectivity index (χ4v) is 5.00. The van der Waals surface area contributed by atoms with Crippen LogP contribution in [0.2, 0.25) is 0 Å². The molecule has 6 nitrogen and oxygen atoms in total. The number of nitrogens with one attached hydrogen (secondary N) is 1. The number of hydrogen-bond acceptors (Lipinski definition) is 5. The monoisotopic (exact) mass is 396 g/mol. The minimum Gasteiger partial charge on any atom is -0.379 e. The van der Waals surface area contributed by atoms with E-state index in [4.69, 9.17) is 0 Å². The minimum absolute atomic E-state index is 0.0512. The van der Waals surface area contributed by atoms with Crippen molar-refractivity contribution in [2.75, 3.05) is 16.8 Å². The van der Waals surface area contributed by atoms with Gasteiger partial charge in [-0.25, -0.2) is 8.42 Å². The van der Waals surface area contributed by atoms with Crippen LogP contribution in [-0.2, 0) is 9.84 Å². The lowest BCUT2D eigenvalue weighted by Gasteiger charge is -2.25. The fraction of sp³-hybridized carbons (Fsp3) is 0.455. The summed E-state index contributed by atoms with van der Waals surface area (Å²) in [5.74, 6) is 0.272. The number of nitrogens with zero attached hydrogens (tertiary/aromatic N) is 1. The van der Waals surface area contributed by atoms with Crippen LogP contribution in [0.25, 0.3) is 0 Å². The Morgan fingerprint density at radius 2 is 2.16 bits per heavy atom. The molecule has 1 fully saturated rings. The first-order chi connectivity index (χ1) is 8.71. The van der Waals surface area contributed by atoms with Gasteiger partial charge in [0.25, 0.3) is 5.69 Å². The van der Waals surface area contributed by atoms with Gasteiger partial charge in [-0.05, 0) is 48.1 Å². The third kappa shape index (κ3) is 3.35. The summed E-state index contributed by atoms with van der Waals surface area (Å²) in [7, 11) is -2.98. The van der Waals surface area contributed by atoms with Crippen LogP contribution in [0.4, 0.5) is 11.4 Å². The first-order valence-electron chi connectivity index (χ1n) is 5.63. The molecule has 2 rings (SSSR count). The molecule has 0 radical (unpaired) electrons. The summed E-state index contributed by atoms with van der Waals surface area (Å²) < 4.78 is 23.6. The lowest BCUT2D eigenvalue weighted by Crippen LogP contribution is -2.35. The number of nitro benzene ring substituents is 1. The Morgan fingerprint density at radius 1 is 1.47 bits per heavy atom. The van der Waals surface area contributed by atoms with Crippen LogP contribution in [0.3, 0.4) is 0 Å². The van der Waals surface area contributed by atoms with Gasteiger partial charge in [-0.1, -0.05) is 0 Å². The molecule has 0 saturated carbocycles. The number of halogens is 1. The Bertz CT molecular complexity index is 632. The van der Waals surface area contributed by atoms with E-state index >= 15 is 0 Å². The highest BCUT2D eigenvalue weighted by molar-refractivity contribution is 14.1. The van der Waals surface area contributed by atoms with Crippen LogP contribution in [-0.4, -0.2) is 30.4 Å². The van der Waals surface area contributed by atoms with Gasteiger partial charge >= 0.3 is 0 Å². The van der Waals surface area contributed by atoms with E-state index in [0.29, 0.717) is 15.7 Å². The van der Waals surface area contributed by atoms with Crippen LogP contribution < -0.4 is 5.32 Å². The predicted octanol–water partition coefficient (Wildman–Crippen LogP) is 2.19. The molecular formula is C11H13IN2O4S. The van der Waals surface area contributed by atoms with Crippen molar-refractivity contribution in [2.45, 2.75) is 18.9 Å². The van der Waals surface area contributed by atoms with E-state index < -0.39 is 20.3 Å². The van der Waals surface area contributed by atoms with Gasteiger partial charge in [0.15, 0.2) is 9.84 Å². The van der Waals surface area contributed by atoms with Crippen LogP contribution in [0.1, 0.15) is 13.3 Å². The van der Waals surface area contributed by atoms with Crippen molar-refractivity contribution in [3.8, 4) is 0 Å². The molecule has 1 N–H and O–H groups in total. The summed E-state index contributed by atoms with van der Waals surface area (Å²) in [4.78, 5) is 10.3. The normalized spacial score (nSPS) is 25.2. The maximum atomic E-state index is 11.5. The Morgan fingerprint density at radius 3 is 2.63 bits per heavy atom. The van der Waals surface area contributed by atoms with Gasteiger partial charge in [-0.15, -0.1) is 0 Å². The molecule has 1 aliphatic heterocycles. The van der Waals surface area contributed by atoms with Crippen LogP contribution in [0.5, 0.6) is 0 Å². The highest BCUT2D eigenvalue weighted by atomic mass is 127. The first kappa shape index (κ1) is 14.5. The van der Waals surface area contributed by atoms with E-state index in [0.717, 1.165) is 0 Å². The average molecular weight is 396 g/mol. The zero-order valence-electron chi connectivity index (χ0n) is 10.2. The summed E-state index contributed by atoms with van der Waals surface area (Å²) in [6.45, 7) is 1.85. The van der Waals surface area contributed by atoms with Gasteiger partial charge in [0.1, 0.15) is 0 Å². The zero-order chi connectivity index (χ0) is 14.3. The van der Waals surface area contributed by atoms with Gasteiger partial charge in [0.2, 0.25) is 0 Å². The lowest BCUT2D eigenvalue weighted by molar-refractivity contribution is -0.385. The Hall–Kier alpha value is -0.900. The Balaban J connectivity index is 2.21. The number of hydrogen-bond donors (Lipinski definition) is 1. The molecule has 1 aromatic rings. The molecule has 104 valence electrons. The summed E-state index contributed by atoms with van der Waals surface area (Å²) in [6.07, 6.45) is 0.545. The molecule has 1 saturated heterocycles. The summed E-state index contributed by atoms with van der Waals surface area (Å²) in [5, 5.41) is 13.9. The Kier molecular flexibility index (Phi) is 3.74. The number of nitro groups is 1. The lowest BCUT2D eigenvalue weighted by atomic mass is 10.0. The van der Waals surface area contributed by atoms with Crippen molar-refractivity contribution in [1.29, 1.82) is 0 Å². The smallest absolute Gasteiger partial charge is 0.282 e. The van der Waals surface area contributed by atoms with Crippen molar-refractivity contribution in [1.82, 2.24) is 0 Å². The number of benzene rings is 1. The fourth-order valence-electron chi connectivity index (χ4n) is 2.19. The molecule has 0 bridgehead atoms. The van der Waals surface area contributed by atoms with Crippen LogP contribution in [0, 0.1) is 13.7 Å². The molecule has 1 heterocycles. The molecule has 0 spiro atoms. The zero-order valence-corrected chi connectivity index (χ0v) is 13.2. The maximum Gasteiger partial charge on any atom is 0.282 e. The van der Waals surface area contributed by atoms with Crippen molar-refractivity contribution < 1.29 is 13.3 Å².